The molecule has 1 heterocycles. The van der Waals surface area contributed by atoms with Crippen molar-refractivity contribution in [2.24, 2.45) is 0 Å². The fraction of sp³-hybridized carbons (Fsp3) is 0.118. The number of thioether (sulfide) groups is 2. The zero-order valence-corrected chi connectivity index (χ0v) is 14.9. The average Bonchev–Trinajstić information content (AvgIpc) is 3.05. The maximum atomic E-state index is 12.2. The predicted octanol–water partition coefficient (Wildman–Crippen LogP) is 3.41. The van der Waals surface area contributed by atoms with Crippen molar-refractivity contribution in [1.82, 2.24) is 15.2 Å². The lowest BCUT2D eigenvalue weighted by molar-refractivity contribution is -0.113. The highest BCUT2D eigenvalue weighted by molar-refractivity contribution is 7.99. The first kappa shape index (κ1) is 17.4. The molecule has 3 aromatic rings. The van der Waals surface area contributed by atoms with Gasteiger partial charge in [-0.2, -0.15) is 4.98 Å². The van der Waals surface area contributed by atoms with E-state index in [0.29, 0.717) is 5.16 Å². The molecule has 128 valence electrons. The number of nitrogens with zero attached hydrogens (tertiary/aromatic N) is 2. The van der Waals surface area contributed by atoms with E-state index in [4.69, 9.17) is 5.73 Å². The van der Waals surface area contributed by atoms with Crippen LogP contribution >= 0.6 is 23.5 Å². The number of H-pyrrole nitrogens is 1. The summed E-state index contributed by atoms with van der Waals surface area (Å²) in [6.07, 6.45) is 0. The lowest BCUT2D eigenvalue weighted by Crippen LogP contribution is -2.14. The van der Waals surface area contributed by atoms with Crippen LogP contribution in [0.15, 0.2) is 64.6 Å². The van der Waals surface area contributed by atoms with Gasteiger partial charge in [0, 0.05) is 10.6 Å². The monoisotopic (exact) mass is 371 g/mol. The van der Waals surface area contributed by atoms with Gasteiger partial charge in [0.25, 0.3) is 0 Å². The Balaban J connectivity index is 1.57. The minimum Gasteiger partial charge on any atom is -0.368 e. The van der Waals surface area contributed by atoms with Gasteiger partial charge < -0.3 is 11.1 Å². The molecule has 3 rings (SSSR count). The number of nitrogens with two attached hydrogens (primary N) is 1. The second-order valence-electron chi connectivity index (χ2n) is 5.11. The highest BCUT2D eigenvalue weighted by Gasteiger charge is 2.10. The number of aromatic amines is 1. The molecular formula is C17H17N5OS2. The van der Waals surface area contributed by atoms with Crippen LogP contribution in [0.3, 0.4) is 0 Å². The van der Waals surface area contributed by atoms with Crippen LogP contribution in [0, 0.1) is 0 Å². The van der Waals surface area contributed by atoms with E-state index in [1.807, 2.05) is 42.5 Å². The minimum atomic E-state index is -0.110. The first-order valence-electron chi connectivity index (χ1n) is 7.57. The molecule has 1 amide bonds. The van der Waals surface area contributed by atoms with Crippen LogP contribution in [-0.2, 0) is 10.5 Å². The molecule has 25 heavy (non-hydrogen) atoms. The Hall–Kier alpha value is -2.45. The Labute approximate surface area is 154 Å². The molecule has 0 spiro atoms. The quantitative estimate of drug-likeness (QED) is 0.551. The molecule has 0 unspecified atom stereocenters. The van der Waals surface area contributed by atoms with E-state index in [1.165, 1.54) is 17.3 Å². The van der Waals surface area contributed by atoms with E-state index in [9.17, 15) is 4.79 Å². The maximum Gasteiger partial charge on any atom is 0.234 e. The Kier molecular flexibility index (Phi) is 5.97. The van der Waals surface area contributed by atoms with Crippen LogP contribution < -0.4 is 11.1 Å². The van der Waals surface area contributed by atoms with Gasteiger partial charge in [-0.15, -0.1) is 16.9 Å². The van der Waals surface area contributed by atoms with Gasteiger partial charge in [0.2, 0.25) is 17.0 Å². The zero-order valence-electron chi connectivity index (χ0n) is 13.3. The molecular weight excluding hydrogens is 354 g/mol. The summed E-state index contributed by atoms with van der Waals surface area (Å²) in [6.45, 7) is 0. The second-order valence-corrected chi connectivity index (χ2v) is 7.07. The van der Waals surface area contributed by atoms with E-state index in [0.717, 1.165) is 16.3 Å². The molecule has 1 aromatic heterocycles. The van der Waals surface area contributed by atoms with Crippen LogP contribution in [0.25, 0.3) is 0 Å². The van der Waals surface area contributed by atoms with Crippen LogP contribution in [0.5, 0.6) is 0 Å². The standard InChI is InChI=1S/C17H17N5OS2/c18-16-20-17(22-21-16)25-11-15(23)19-13-8-4-5-9-14(13)24-10-12-6-2-1-3-7-12/h1-9H,10-11H2,(H,19,23)(H3,18,20,21,22). The summed E-state index contributed by atoms with van der Waals surface area (Å²) >= 11 is 2.92. The molecule has 8 heteroatoms. The largest absolute Gasteiger partial charge is 0.368 e. The Bertz CT molecular complexity index is 838. The first-order valence-corrected chi connectivity index (χ1v) is 9.54. The number of rotatable bonds is 7. The normalized spacial score (nSPS) is 10.6. The predicted molar refractivity (Wildman–Crippen MR) is 103 cm³/mol. The number of aromatic nitrogens is 3. The van der Waals surface area contributed by atoms with E-state index >= 15 is 0 Å². The van der Waals surface area contributed by atoms with E-state index in [1.54, 1.807) is 11.8 Å². The number of carbonyl (C=O) groups excluding carboxylic acids is 1. The maximum absolute atomic E-state index is 12.2. The van der Waals surface area contributed by atoms with Gasteiger partial charge in [-0.05, 0) is 17.7 Å². The highest BCUT2D eigenvalue weighted by Crippen LogP contribution is 2.30. The van der Waals surface area contributed by atoms with Crippen LogP contribution in [0.2, 0.25) is 0 Å². The van der Waals surface area contributed by atoms with Gasteiger partial charge >= 0.3 is 0 Å². The molecule has 0 atom stereocenters. The van der Waals surface area contributed by atoms with Gasteiger partial charge in [-0.25, -0.2) is 5.10 Å². The average molecular weight is 371 g/mol. The number of nitrogens with one attached hydrogen (secondary N) is 2. The van der Waals surface area contributed by atoms with E-state index < -0.39 is 0 Å². The number of anilines is 2. The Morgan fingerprint density at radius 2 is 1.84 bits per heavy atom. The van der Waals surface area contributed by atoms with Crippen molar-refractivity contribution in [3.05, 3.63) is 60.2 Å². The van der Waals surface area contributed by atoms with Crippen molar-refractivity contribution in [2.45, 2.75) is 15.8 Å². The number of amides is 1. The fourth-order valence-electron chi connectivity index (χ4n) is 2.07. The highest BCUT2D eigenvalue weighted by atomic mass is 32.2. The summed E-state index contributed by atoms with van der Waals surface area (Å²) in [6, 6.07) is 18.0. The second kappa shape index (κ2) is 8.59. The molecule has 0 fully saturated rings. The smallest absolute Gasteiger partial charge is 0.234 e. The van der Waals surface area contributed by atoms with Crippen molar-refractivity contribution in [3.8, 4) is 0 Å². The third kappa shape index (κ3) is 5.27. The summed E-state index contributed by atoms with van der Waals surface area (Å²) < 4.78 is 0. The van der Waals surface area contributed by atoms with Crippen LogP contribution in [0.4, 0.5) is 11.6 Å². The van der Waals surface area contributed by atoms with Gasteiger partial charge in [0.15, 0.2) is 0 Å². The van der Waals surface area contributed by atoms with Crippen molar-refractivity contribution in [1.29, 1.82) is 0 Å². The van der Waals surface area contributed by atoms with Crippen molar-refractivity contribution < 1.29 is 4.79 Å². The third-order valence-corrected chi connectivity index (χ3v) is 5.20. The van der Waals surface area contributed by atoms with Crippen LogP contribution in [0.1, 0.15) is 5.56 Å². The summed E-state index contributed by atoms with van der Waals surface area (Å²) in [5, 5.41) is 9.84. The van der Waals surface area contributed by atoms with E-state index in [2.05, 4.69) is 32.6 Å². The molecule has 0 saturated heterocycles. The molecule has 0 aliphatic carbocycles. The van der Waals surface area contributed by atoms with Gasteiger partial charge in [-0.1, -0.05) is 54.2 Å². The van der Waals surface area contributed by atoms with Gasteiger partial charge in [0.05, 0.1) is 11.4 Å². The van der Waals surface area contributed by atoms with Gasteiger partial charge in [-0.3, -0.25) is 4.79 Å². The molecule has 0 aliphatic heterocycles. The SMILES string of the molecule is Nc1nc(SCC(=O)Nc2ccccc2SCc2ccccc2)n[nH]1. The number of hydrogen-bond acceptors (Lipinski definition) is 6. The third-order valence-electron chi connectivity index (χ3n) is 3.21. The molecule has 4 N–H and O–H groups in total. The van der Waals surface area contributed by atoms with Crippen molar-refractivity contribution in [3.63, 3.8) is 0 Å². The Morgan fingerprint density at radius 3 is 2.60 bits per heavy atom. The summed E-state index contributed by atoms with van der Waals surface area (Å²) in [4.78, 5) is 17.2. The number of para-hydroxylation sites is 1. The molecule has 2 aromatic carbocycles. The lowest BCUT2D eigenvalue weighted by Gasteiger charge is -2.10. The van der Waals surface area contributed by atoms with Crippen molar-refractivity contribution in [2.75, 3.05) is 16.8 Å². The van der Waals surface area contributed by atoms with E-state index in [-0.39, 0.29) is 17.6 Å². The number of carbonyl (C=O) groups is 1. The topological polar surface area (TPSA) is 96.7 Å². The first-order chi connectivity index (χ1) is 12.2. The molecule has 0 aliphatic rings. The number of nitrogen functional groups attached to an aromatic ring is 1. The van der Waals surface area contributed by atoms with Gasteiger partial charge in [0.1, 0.15) is 0 Å². The number of hydrogen-bond donors (Lipinski definition) is 3. The van der Waals surface area contributed by atoms with Crippen LogP contribution in [-0.4, -0.2) is 26.8 Å². The summed E-state index contributed by atoms with van der Waals surface area (Å²) in [5.41, 5.74) is 7.51. The molecule has 6 nitrogen and oxygen atoms in total. The number of benzene rings is 2. The fourth-order valence-corrected chi connectivity index (χ4v) is 3.64. The Morgan fingerprint density at radius 1 is 1.08 bits per heavy atom. The lowest BCUT2D eigenvalue weighted by atomic mass is 10.2. The zero-order chi connectivity index (χ0) is 17.5. The summed E-state index contributed by atoms with van der Waals surface area (Å²) in [5.74, 6) is 1.19. The molecule has 0 saturated carbocycles. The van der Waals surface area contributed by atoms with Crippen molar-refractivity contribution >= 4 is 41.1 Å². The minimum absolute atomic E-state index is 0.110. The molecule has 0 bridgehead atoms. The summed E-state index contributed by atoms with van der Waals surface area (Å²) in [7, 11) is 0. The molecule has 0 radical (unpaired) electrons.